The van der Waals surface area contributed by atoms with Gasteiger partial charge >= 0.3 is 5.97 Å². The lowest BCUT2D eigenvalue weighted by atomic mass is 10.0. The molecule has 0 aromatic rings. The second-order valence-electron chi connectivity index (χ2n) is 9.36. The normalized spacial score (nSPS) is 10.7. The number of hydrogen-bond acceptors (Lipinski definition) is 2. The van der Waals surface area contributed by atoms with Crippen molar-refractivity contribution in [1.29, 1.82) is 0 Å². The molecule has 0 aliphatic rings. The monoisotopic (exact) mass is 441 g/mol. The van der Waals surface area contributed by atoms with Crippen molar-refractivity contribution in [2.24, 2.45) is 5.73 Å². The molecule has 188 valence electrons. The van der Waals surface area contributed by atoms with Gasteiger partial charge in [-0.25, -0.2) is 0 Å². The van der Waals surface area contributed by atoms with E-state index in [-0.39, 0.29) is 0 Å². The van der Waals surface area contributed by atoms with Crippen LogP contribution in [0.4, 0.5) is 0 Å². The Balaban J connectivity index is 0. The molecule has 0 saturated carbocycles. The van der Waals surface area contributed by atoms with Crippen molar-refractivity contribution < 1.29 is 9.90 Å². The Bertz CT molecular complexity index is 306. The number of nitrogens with two attached hydrogens (primary N) is 1. The molecule has 31 heavy (non-hydrogen) atoms. The van der Waals surface area contributed by atoms with Crippen LogP contribution in [0.5, 0.6) is 0 Å². The van der Waals surface area contributed by atoms with Gasteiger partial charge in [-0.3, -0.25) is 4.79 Å². The molecule has 3 N–H and O–H groups in total. The van der Waals surface area contributed by atoms with E-state index in [1.165, 1.54) is 135 Å². The van der Waals surface area contributed by atoms with Gasteiger partial charge in [0, 0.05) is 6.42 Å². The molecule has 0 bridgehead atoms. The third kappa shape index (κ3) is 37.1. The molecule has 0 saturated heterocycles. The Morgan fingerprint density at radius 1 is 0.484 bits per heavy atom. The Kier molecular flexibility index (Phi) is 33.3. The number of aliphatic carboxylic acids is 1. The quantitative estimate of drug-likeness (QED) is 0.147. The molecule has 0 unspecified atom stereocenters. The first-order valence-electron chi connectivity index (χ1n) is 14.1. The number of unbranched alkanes of at least 4 members (excludes halogenated alkanes) is 21. The lowest BCUT2D eigenvalue weighted by Gasteiger charge is -2.02. The van der Waals surface area contributed by atoms with Gasteiger partial charge in [-0.1, -0.05) is 149 Å². The van der Waals surface area contributed by atoms with Gasteiger partial charge in [-0.05, 0) is 19.4 Å². The predicted molar refractivity (Wildman–Crippen MR) is 139 cm³/mol. The fourth-order valence-electron chi connectivity index (χ4n) is 3.93. The van der Waals surface area contributed by atoms with Crippen molar-refractivity contribution >= 4 is 5.97 Å². The van der Waals surface area contributed by atoms with Crippen molar-refractivity contribution in [3.05, 3.63) is 0 Å². The summed E-state index contributed by atoms with van der Waals surface area (Å²) in [6, 6.07) is 0. The van der Waals surface area contributed by atoms with Crippen LogP contribution in [0.25, 0.3) is 0 Å². The highest BCUT2D eigenvalue weighted by molar-refractivity contribution is 5.66. The van der Waals surface area contributed by atoms with Gasteiger partial charge in [0.2, 0.25) is 0 Å². The van der Waals surface area contributed by atoms with Gasteiger partial charge in [0.05, 0.1) is 0 Å². The largest absolute Gasteiger partial charge is 0.481 e. The second-order valence-corrected chi connectivity index (χ2v) is 9.36. The first-order chi connectivity index (χ1) is 15.2. The van der Waals surface area contributed by atoms with Gasteiger partial charge in [-0.15, -0.1) is 0 Å². The molecule has 0 amide bonds. The minimum atomic E-state index is -0.659. The van der Waals surface area contributed by atoms with E-state index in [0.29, 0.717) is 6.42 Å². The number of hydrogen-bond donors (Lipinski definition) is 2. The van der Waals surface area contributed by atoms with Crippen molar-refractivity contribution in [2.45, 2.75) is 168 Å². The van der Waals surface area contributed by atoms with E-state index in [0.717, 1.165) is 19.4 Å². The van der Waals surface area contributed by atoms with Gasteiger partial charge in [-0.2, -0.15) is 0 Å². The zero-order valence-electron chi connectivity index (χ0n) is 21.6. The molecule has 3 heteroatoms. The Hall–Kier alpha value is -0.570. The van der Waals surface area contributed by atoms with E-state index < -0.39 is 5.97 Å². The van der Waals surface area contributed by atoms with Crippen LogP contribution in [0.2, 0.25) is 0 Å². The van der Waals surface area contributed by atoms with Crippen LogP contribution >= 0.6 is 0 Å². The Morgan fingerprint density at radius 2 is 0.742 bits per heavy atom. The molecule has 0 rings (SSSR count). The second kappa shape index (κ2) is 31.6. The van der Waals surface area contributed by atoms with E-state index in [1.807, 2.05) is 0 Å². The molecular formula is C28H59NO2. The highest BCUT2D eigenvalue weighted by atomic mass is 16.4. The highest BCUT2D eigenvalue weighted by Crippen LogP contribution is 2.13. The van der Waals surface area contributed by atoms with E-state index in [1.54, 1.807) is 0 Å². The first-order valence-corrected chi connectivity index (χ1v) is 14.1. The molecule has 0 heterocycles. The van der Waals surface area contributed by atoms with E-state index in [2.05, 4.69) is 13.8 Å². The molecule has 0 aliphatic heterocycles. The van der Waals surface area contributed by atoms with Crippen molar-refractivity contribution in [3.8, 4) is 0 Å². The van der Waals surface area contributed by atoms with Crippen LogP contribution in [0.3, 0.4) is 0 Å². The summed E-state index contributed by atoms with van der Waals surface area (Å²) in [6.07, 6.45) is 31.4. The van der Waals surface area contributed by atoms with Crippen LogP contribution in [-0.4, -0.2) is 17.6 Å². The van der Waals surface area contributed by atoms with Crippen LogP contribution in [0, 0.1) is 0 Å². The first kappa shape index (κ1) is 32.6. The standard InChI is InChI=1S/C16H35N.C12H24O2/c1-2-3-4-5-6-7-8-9-10-11-12-13-14-15-16-17;1-2-3-4-5-6-7-8-9-10-11-12(13)14/h2-17H2,1H3;2-11H2,1H3,(H,13,14). The number of carboxylic acid groups (broad SMARTS) is 1. The average molecular weight is 442 g/mol. The fraction of sp³-hybridized carbons (Fsp3) is 0.964. The SMILES string of the molecule is CCCCCCCCCCCC(=O)O.CCCCCCCCCCCCCCCCN. The van der Waals surface area contributed by atoms with Crippen LogP contribution in [-0.2, 0) is 4.79 Å². The summed E-state index contributed by atoms with van der Waals surface area (Å²) in [5.74, 6) is -0.659. The average Bonchev–Trinajstić information content (AvgIpc) is 2.76. The van der Waals surface area contributed by atoms with Crippen molar-refractivity contribution in [2.75, 3.05) is 6.54 Å². The van der Waals surface area contributed by atoms with Gasteiger partial charge in [0.15, 0.2) is 0 Å². The summed E-state index contributed by atoms with van der Waals surface area (Å²) in [6.45, 7) is 5.39. The number of rotatable bonds is 24. The summed E-state index contributed by atoms with van der Waals surface area (Å²) in [5, 5.41) is 8.41. The smallest absolute Gasteiger partial charge is 0.303 e. The van der Waals surface area contributed by atoms with Gasteiger partial charge < -0.3 is 10.8 Å². The maximum Gasteiger partial charge on any atom is 0.303 e. The zero-order chi connectivity index (χ0) is 23.3. The van der Waals surface area contributed by atoms with Gasteiger partial charge in [0.25, 0.3) is 0 Å². The Morgan fingerprint density at radius 3 is 1.00 bits per heavy atom. The molecular weight excluding hydrogens is 382 g/mol. The highest BCUT2D eigenvalue weighted by Gasteiger charge is 1.96. The maximum absolute atomic E-state index is 10.2. The number of carbonyl (C=O) groups is 1. The summed E-state index contributed by atoms with van der Waals surface area (Å²) in [5.41, 5.74) is 5.47. The molecule has 0 atom stereocenters. The lowest BCUT2D eigenvalue weighted by Crippen LogP contribution is -1.97. The third-order valence-electron chi connectivity index (χ3n) is 6.05. The van der Waals surface area contributed by atoms with Crippen LogP contribution in [0.1, 0.15) is 168 Å². The Labute approximate surface area is 196 Å². The minimum absolute atomic E-state index is 0.343. The minimum Gasteiger partial charge on any atom is -0.481 e. The summed E-state index contributed by atoms with van der Waals surface area (Å²) < 4.78 is 0. The fourth-order valence-corrected chi connectivity index (χ4v) is 3.93. The number of carboxylic acids is 1. The van der Waals surface area contributed by atoms with Crippen LogP contribution < -0.4 is 5.73 Å². The van der Waals surface area contributed by atoms with E-state index in [9.17, 15) is 4.79 Å². The molecule has 0 aliphatic carbocycles. The van der Waals surface area contributed by atoms with Crippen molar-refractivity contribution in [3.63, 3.8) is 0 Å². The lowest BCUT2D eigenvalue weighted by molar-refractivity contribution is -0.137. The molecule has 0 aromatic heterocycles. The maximum atomic E-state index is 10.2. The van der Waals surface area contributed by atoms with E-state index in [4.69, 9.17) is 10.8 Å². The molecule has 3 nitrogen and oxygen atoms in total. The summed E-state index contributed by atoms with van der Waals surface area (Å²) in [4.78, 5) is 10.2. The predicted octanol–water partition coefficient (Wildman–Crippen LogP) is 9.42. The van der Waals surface area contributed by atoms with Crippen LogP contribution in [0.15, 0.2) is 0 Å². The third-order valence-corrected chi connectivity index (χ3v) is 6.05. The molecule has 0 radical (unpaired) electrons. The zero-order valence-corrected chi connectivity index (χ0v) is 21.6. The molecule has 0 aromatic carbocycles. The van der Waals surface area contributed by atoms with Gasteiger partial charge in [0.1, 0.15) is 0 Å². The van der Waals surface area contributed by atoms with Crippen molar-refractivity contribution in [1.82, 2.24) is 0 Å². The summed E-state index contributed by atoms with van der Waals surface area (Å²) >= 11 is 0. The summed E-state index contributed by atoms with van der Waals surface area (Å²) in [7, 11) is 0. The topological polar surface area (TPSA) is 63.3 Å². The molecule has 0 spiro atoms. The van der Waals surface area contributed by atoms with E-state index >= 15 is 0 Å². The molecule has 0 fully saturated rings.